The first kappa shape index (κ1) is 27.8. The molecule has 2 aliphatic carbocycles. The molecule has 3 aliphatic rings. The van der Waals surface area contributed by atoms with E-state index in [4.69, 9.17) is 9.84 Å². The van der Waals surface area contributed by atoms with Crippen molar-refractivity contribution in [3.8, 4) is 22.6 Å². The van der Waals surface area contributed by atoms with E-state index >= 15 is 0 Å². The molecule has 1 aliphatic heterocycles. The SMILES string of the molecule is Fc1ccc(Oc2ccc(C3=Cc4ccc5c(c4CC3)CCc3ccccc3-5)cc2)cc1.O=C(O)CC1C=CC=CS1. The average molecular weight is 575 g/mol. The van der Waals surface area contributed by atoms with Gasteiger partial charge in [0, 0.05) is 5.25 Å². The maximum absolute atomic E-state index is 13.1. The van der Waals surface area contributed by atoms with E-state index < -0.39 is 5.97 Å². The van der Waals surface area contributed by atoms with Crippen LogP contribution in [0.2, 0.25) is 0 Å². The average Bonchev–Trinajstić information content (AvgIpc) is 3.02. The molecule has 7 rings (SSSR count). The fourth-order valence-corrected chi connectivity index (χ4v) is 6.58. The zero-order chi connectivity index (χ0) is 28.9. The van der Waals surface area contributed by atoms with Crippen LogP contribution in [0.25, 0.3) is 22.8 Å². The van der Waals surface area contributed by atoms with Gasteiger partial charge in [0.2, 0.25) is 0 Å². The van der Waals surface area contributed by atoms with Crippen LogP contribution in [-0.2, 0) is 24.1 Å². The van der Waals surface area contributed by atoms with Crippen LogP contribution < -0.4 is 4.74 Å². The topological polar surface area (TPSA) is 46.5 Å². The normalized spacial score (nSPS) is 16.2. The Morgan fingerprint density at radius 2 is 1.55 bits per heavy atom. The fourth-order valence-electron chi connectivity index (χ4n) is 5.78. The standard InChI is InChI=1S/C30H23FO.C7H8O2S/c31-24-10-14-26(15-11-24)32-25-12-5-20(6-13-25)22-8-16-28-23(19-22)9-18-29-27-4-2-1-3-21(27)7-17-30(28)29;8-7(9)5-6-3-1-2-4-10-6/h1-6,9-15,18-19H,7-8,16-17H2;1-4,6H,5H2,(H,8,9). The van der Waals surface area contributed by atoms with E-state index in [9.17, 15) is 9.18 Å². The second kappa shape index (κ2) is 12.7. The molecule has 1 unspecified atom stereocenters. The van der Waals surface area contributed by atoms with E-state index in [1.165, 1.54) is 51.1 Å². The van der Waals surface area contributed by atoms with Gasteiger partial charge in [-0.3, -0.25) is 4.79 Å². The van der Waals surface area contributed by atoms with Crippen molar-refractivity contribution in [3.63, 3.8) is 0 Å². The largest absolute Gasteiger partial charge is 0.481 e. The van der Waals surface area contributed by atoms with E-state index in [-0.39, 0.29) is 17.5 Å². The van der Waals surface area contributed by atoms with Crippen LogP contribution in [0, 0.1) is 5.82 Å². The van der Waals surface area contributed by atoms with E-state index in [1.807, 2.05) is 35.8 Å². The van der Waals surface area contributed by atoms with Crippen molar-refractivity contribution in [1.82, 2.24) is 0 Å². The lowest BCUT2D eigenvalue weighted by molar-refractivity contribution is -0.136. The number of fused-ring (bicyclic) bond motifs is 5. The smallest absolute Gasteiger partial charge is 0.304 e. The van der Waals surface area contributed by atoms with Crippen LogP contribution in [-0.4, -0.2) is 16.3 Å². The van der Waals surface area contributed by atoms with Gasteiger partial charge in [-0.05, 0) is 112 Å². The highest BCUT2D eigenvalue weighted by Crippen LogP contribution is 2.40. The van der Waals surface area contributed by atoms with E-state index in [1.54, 1.807) is 29.5 Å². The molecule has 0 amide bonds. The molecule has 1 N–H and O–H groups in total. The molecule has 4 aromatic carbocycles. The van der Waals surface area contributed by atoms with Crippen LogP contribution in [0.3, 0.4) is 0 Å². The van der Waals surface area contributed by atoms with Gasteiger partial charge in [0.25, 0.3) is 0 Å². The zero-order valence-corrected chi connectivity index (χ0v) is 23.9. The van der Waals surface area contributed by atoms with Crippen molar-refractivity contribution in [3.05, 3.63) is 142 Å². The second-order valence-corrected chi connectivity index (χ2v) is 11.7. The molecule has 0 saturated heterocycles. The van der Waals surface area contributed by atoms with Gasteiger partial charge in [-0.2, -0.15) is 0 Å². The number of aliphatic carboxylic acids is 1. The summed E-state index contributed by atoms with van der Waals surface area (Å²) < 4.78 is 18.9. The van der Waals surface area contributed by atoms with Gasteiger partial charge in [0.05, 0.1) is 6.42 Å². The number of carboxylic acid groups (broad SMARTS) is 1. The summed E-state index contributed by atoms with van der Waals surface area (Å²) in [6.45, 7) is 0. The summed E-state index contributed by atoms with van der Waals surface area (Å²) in [4.78, 5) is 10.2. The van der Waals surface area contributed by atoms with Gasteiger partial charge in [0.15, 0.2) is 0 Å². The van der Waals surface area contributed by atoms with Crippen molar-refractivity contribution >= 4 is 29.4 Å². The number of ether oxygens (including phenoxy) is 1. The molecule has 1 atom stereocenters. The van der Waals surface area contributed by atoms with Crippen LogP contribution in [0.1, 0.15) is 40.7 Å². The Labute approximate surface area is 250 Å². The number of hydrogen-bond donors (Lipinski definition) is 1. The molecule has 4 aromatic rings. The minimum absolute atomic E-state index is 0.127. The molecule has 0 saturated carbocycles. The van der Waals surface area contributed by atoms with Crippen molar-refractivity contribution < 1.29 is 19.0 Å². The molecule has 0 spiro atoms. The molecule has 0 bridgehead atoms. The maximum Gasteiger partial charge on any atom is 0.304 e. The van der Waals surface area contributed by atoms with Crippen molar-refractivity contribution in [2.24, 2.45) is 0 Å². The number of rotatable bonds is 5. The highest BCUT2D eigenvalue weighted by molar-refractivity contribution is 8.02. The Morgan fingerprint density at radius 3 is 2.29 bits per heavy atom. The van der Waals surface area contributed by atoms with Crippen molar-refractivity contribution in [2.75, 3.05) is 0 Å². The van der Waals surface area contributed by atoms with Crippen molar-refractivity contribution in [2.45, 2.75) is 37.4 Å². The predicted octanol–water partition coefficient (Wildman–Crippen LogP) is 9.52. The third-order valence-corrected chi connectivity index (χ3v) is 8.80. The predicted molar refractivity (Wildman–Crippen MR) is 170 cm³/mol. The maximum atomic E-state index is 13.1. The summed E-state index contributed by atoms with van der Waals surface area (Å²) in [6, 6.07) is 27.7. The lowest BCUT2D eigenvalue weighted by Gasteiger charge is -2.26. The summed E-state index contributed by atoms with van der Waals surface area (Å²) in [6.07, 6.45) is 12.6. The second-order valence-electron chi connectivity index (χ2n) is 10.6. The summed E-state index contributed by atoms with van der Waals surface area (Å²) in [5.41, 5.74) is 11.3. The Morgan fingerprint density at radius 1 is 0.810 bits per heavy atom. The fraction of sp³-hybridized carbons (Fsp3) is 0.162. The Kier molecular flexibility index (Phi) is 8.38. The third kappa shape index (κ3) is 6.42. The highest BCUT2D eigenvalue weighted by atomic mass is 32.2. The molecule has 5 heteroatoms. The number of thioether (sulfide) groups is 1. The minimum atomic E-state index is -0.738. The molecular formula is C37H31FO3S. The lowest BCUT2D eigenvalue weighted by Crippen LogP contribution is -2.10. The van der Waals surface area contributed by atoms with Crippen LogP contribution >= 0.6 is 11.8 Å². The number of allylic oxidation sites excluding steroid dienone is 3. The molecule has 42 heavy (non-hydrogen) atoms. The Bertz CT molecular complexity index is 1680. The molecular weight excluding hydrogens is 543 g/mol. The van der Waals surface area contributed by atoms with E-state index in [0.29, 0.717) is 5.75 Å². The first-order chi connectivity index (χ1) is 20.5. The molecule has 0 aromatic heterocycles. The van der Waals surface area contributed by atoms with Gasteiger partial charge in [-0.1, -0.05) is 72.8 Å². The molecule has 3 nitrogen and oxygen atoms in total. The summed E-state index contributed by atoms with van der Waals surface area (Å²) in [5.74, 6) is 0.390. The lowest BCUT2D eigenvalue weighted by atomic mass is 9.78. The minimum Gasteiger partial charge on any atom is -0.481 e. The molecule has 0 fully saturated rings. The van der Waals surface area contributed by atoms with Gasteiger partial charge in [-0.15, -0.1) is 11.8 Å². The molecule has 1 heterocycles. The summed E-state index contributed by atoms with van der Waals surface area (Å²) in [5, 5.41) is 10.4. The number of benzene rings is 4. The van der Waals surface area contributed by atoms with Gasteiger partial charge >= 0.3 is 5.97 Å². The highest BCUT2D eigenvalue weighted by Gasteiger charge is 2.22. The van der Waals surface area contributed by atoms with E-state index in [0.717, 1.165) is 31.4 Å². The van der Waals surface area contributed by atoms with Crippen molar-refractivity contribution in [1.29, 1.82) is 0 Å². The number of aryl methyl sites for hydroxylation is 1. The number of carboxylic acids is 1. The van der Waals surface area contributed by atoms with Gasteiger partial charge in [0.1, 0.15) is 17.3 Å². The molecule has 0 radical (unpaired) electrons. The van der Waals surface area contributed by atoms with E-state index in [2.05, 4.69) is 54.6 Å². The summed E-state index contributed by atoms with van der Waals surface area (Å²) in [7, 11) is 0. The number of halogens is 1. The summed E-state index contributed by atoms with van der Waals surface area (Å²) >= 11 is 1.54. The number of hydrogen-bond acceptors (Lipinski definition) is 3. The zero-order valence-electron chi connectivity index (χ0n) is 23.1. The first-order valence-corrected chi connectivity index (χ1v) is 15.2. The monoisotopic (exact) mass is 574 g/mol. The van der Waals surface area contributed by atoms with Crippen LogP contribution in [0.15, 0.2) is 109 Å². The van der Waals surface area contributed by atoms with Crippen LogP contribution in [0.5, 0.6) is 11.5 Å². The Balaban J connectivity index is 0.000000269. The third-order valence-electron chi connectivity index (χ3n) is 7.81. The number of carbonyl (C=O) groups is 1. The molecule has 210 valence electrons. The quantitative estimate of drug-likeness (QED) is 0.258. The first-order valence-electron chi connectivity index (χ1n) is 14.2. The van der Waals surface area contributed by atoms with Crippen LogP contribution in [0.4, 0.5) is 4.39 Å². The van der Waals surface area contributed by atoms with Gasteiger partial charge in [-0.25, -0.2) is 4.39 Å². The van der Waals surface area contributed by atoms with Gasteiger partial charge < -0.3 is 9.84 Å². The Hall–Kier alpha value is -4.35.